The molecule has 28 heavy (non-hydrogen) atoms. The molecule has 4 rings (SSSR count). The summed E-state index contributed by atoms with van der Waals surface area (Å²) in [6.45, 7) is 8.66. The second-order valence-corrected chi connectivity index (χ2v) is 7.85. The number of hydrogen-bond donors (Lipinski definition) is 3. The Labute approximate surface area is 166 Å². The Morgan fingerprint density at radius 2 is 2.11 bits per heavy atom. The van der Waals surface area contributed by atoms with Gasteiger partial charge in [-0.1, -0.05) is 25.6 Å². The zero-order chi connectivity index (χ0) is 19.3. The van der Waals surface area contributed by atoms with Crippen molar-refractivity contribution in [1.82, 2.24) is 20.5 Å². The van der Waals surface area contributed by atoms with Crippen molar-refractivity contribution < 1.29 is 0 Å². The summed E-state index contributed by atoms with van der Waals surface area (Å²) in [7, 11) is 0. The molecule has 5 nitrogen and oxygen atoms in total. The van der Waals surface area contributed by atoms with Crippen LogP contribution in [0.4, 0.5) is 5.82 Å². The fourth-order valence-corrected chi connectivity index (χ4v) is 3.78. The Morgan fingerprint density at radius 3 is 2.86 bits per heavy atom. The lowest BCUT2D eigenvalue weighted by Gasteiger charge is -2.19. The molecule has 1 unspecified atom stereocenters. The van der Waals surface area contributed by atoms with Gasteiger partial charge < -0.3 is 10.6 Å². The molecule has 1 aliphatic rings. The average Bonchev–Trinajstić information content (AvgIpc) is 3.40. The second-order valence-electron chi connectivity index (χ2n) is 7.85. The highest BCUT2D eigenvalue weighted by molar-refractivity contribution is 5.88. The molecule has 5 heteroatoms. The van der Waals surface area contributed by atoms with Crippen LogP contribution in [0.15, 0.2) is 55.1 Å². The molecular formula is C23H29N5. The minimum Gasteiger partial charge on any atom is -0.344 e. The molecule has 146 valence electrons. The van der Waals surface area contributed by atoms with E-state index in [1.165, 1.54) is 19.3 Å². The highest BCUT2D eigenvalue weighted by atomic mass is 15.1. The van der Waals surface area contributed by atoms with Crippen LogP contribution in [0.5, 0.6) is 0 Å². The van der Waals surface area contributed by atoms with E-state index in [2.05, 4.69) is 63.6 Å². The van der Waals surface area contributed by atoms with Gasteiger partial charge in [-0.15, -0.1) is 0 Å². The molecule has 2 heterocycles. The summed E-state index contributed by atoms with van der Waals surface area (Å²) in [4.78, 5) is 4.58. The van der Waals surface area contributed by atoms with Gasteiger partial charge in [0.25, 0.3) is 0 Å². The van der Waals surface area contributed by atoms with E-state index in [0.717, 1.165) is 58.8 Å². The first-order valence-electron chi connectivity index (χ1n) is 10.3. The molecule has 1 atom stereocenters. The predicted molar refractivity (Wildman–Crippen MR) is 116 cm³/mol. The third kappa shape index (κ3) is 4.60. The maximum absolute atomic E-state index is 4.58. The molecule has 1 fully saturated rings. The molecule has 2 aromatic heterocycles. The largest absolute Gasteiger partial charge is 0.344 e. The minimum absolute atomic E-state index is 0.666. The number of rotatable bonds is 10. The topological polar surface area (TPSA) is 65.6 Å². The van der Waals surface area contributed by atoms with Gasteiger partial charge in [-0.05, 0) is 73.7 Å². The van der Waals surface area contributed by atoms with Crippen molar-refractivity contribution in [2.75, 3.05) is 18.4 Å². The van der Waals surface area contributed by atoms with Crippen LogP contribution in [0.1, 0.15) is 32.6 Å². The van der Waals surface area contributed by atoms with E-state index in [4.69, 9.17) is 0 Å². The fourth-order valence-electron chi connectivity index (χ4n) is 3.78. The predicted octanol–water partition coefficient (Wildman–Crippen LogP) is 4.97. The summed E-state index contributed by atoms with van der Waals surface area (Å²) < 4.78 is 0. The zero-order valence-electron chi connectivity index (χ0n) is 16.5. The number of pyridine rings is 1. The van der Waals surface area contributed by atoms with Gasteiger partial charge >= 0.3 is 0 Å². The maximum Gasteiger partial charge on any atom is 0.130 e. The molecule has 3 aromatic rings. The van der Waals surface area contributed by atoms with E-state index in [9.17, 15) is 0 Å². The summed E-state index contributed by atoms with van der Waals surface area (Å²) in [6, 6.07) is 8.49. The molecule has 1 aromatic carbocycles. The molecule has 0 amide bonds. The van der Waals surface area contributed by atoms with E-state index < -0.39 is 0 Å². The van der Waals surface area contributed by atoms with Crippen LogP contribution in [0, 0.1) is 11.8 Å². The summed E-state index contributed by atoms with van der Waals surface area (Å²) in [5, 5.41) is 16.2. The Kier molecular flexibility index (Phi) is 5.72. The highest BCUT2D eigenvalue weighted by Gasteiger charge is 2.31. The molecule has 0 radical (unpaired) electrons. The number of benzene rings is 1. The molecule has 0 saturated heterocycles. The van der Waals surface area contributed by atoms with Crippen molar-refractivity contribution in [3.8, 4) is 11.1 Å². The zero-order valence-corrected chi connectivity index (χ0v) is 16.5. The normalized spacial score (nSPS) is 14.9. The number of fused-ring (bicyclic) bond motifs is 1. The highest BCUT2D eigenvalue weighted by Crippen LogP contribution is 2.39. The van der Waals surface area contributed by atoms with Crippen LogP contribution in [-0.4, -0.2) is 28.3 Å². The summed E-state index contributed by atoms with van der Waals surface area (Å²) in [5.41, 5.74) is 3.28. The monoisotopic (exact) mass is 375 g/mol. The van der Waals surface area contributed by atoms with Gasteiger partial charge in [0.15, 0.2) is 0 Å². The van der Waals surface area contributed by atoms with Crippen LogP contribution in [0.2, 0.25) is 0 Å². The summed E-state index contributed by atoms with van der Waals surface area (Å²) in [6.07, 6.45) is 10.6. The van der Waals surface area contributed by atoms with Crippen LogP contribution < -0.4 is 10.6 Å². The van der Waals surface area contributed by atoms with E-state index in [0.29, 0.717) is 5.92 Å². The molecule has 1 saturated carbocycles. The van der Waals surface area contributed by atoms with Crippen molar-refractivity contribution >= 4 is 16.6 Å². The van der Waals surface area contributed by atoms with Crippen molar-refractivity contribution in [1.29, 1.82) is 0 Å². The SMILES string of the molecule is C=C(CC(CNCCC)C1CC1)Nc1cc2cc(-c3cn[nH]c3)ccc2cn1. The molecule has 0 aliphatic heterocycles. The average molecular weight is 376 g/mol. The third-order valence-electron chi connectivity index (χ3n) is 5.49. The second kappa shape index (κ2) is 8.57. The van der Waals surface area contributed by atoms with Crippen LogP contribution in [-0.2, 0) is 0 Å². The molecule has 1 aliphatic carbocycles. The number of aromatic nitrogens is 3. The number of allylic oxidation sites excluding steroid dienone is 1. The van der Waals surface area contributed by atoms with Gasteiger partial charge in [0.2, 0.25) is 0 Å². The van der Waals surface area contributed by atoms with Gasteiger partial charge in [0, 0.05) is 29.0 Å². The van der Waals surface area contributed by atoms with Gasteiger partial charge in [-0.25, -0.2) is 4.98 Å². The summed E-state index contributed by atoms with van der Waals surface area (Å²) in [5.74, 6) is 2.38. The number of hydrogen-bond acceptors (Lipinski definition) is 4. The Morgan fingerprint density at radius 1 is 1.21 bits per heavy atom. The number of anilines is 1. The van der Waals surface area contributed by atoms with Crippen LogP contribution in [0.3, 0.4) is 0 Å². The first-order chi connectivity index (χ1) is 13.7. The van der Waals surface area contributed by atoms with Gasteiger partial charge in [0.1, 0.15) is 5.82 Å². The van der Waals surface area contributed by atoms with E-state index in [-0.39, 0.29) is 0 Å². The Bertz CT molecular complexity index is 927. The van der Waals surface area contributed by atoms with Crippen LogP contribution in [0.25, 0.3) is 21.9 Å². The summed E-state index contributed by atoms with van der Waals surface area (Å²) >= 11 is 0. The quantitative estimate of drug-likeness (QED) is 0.438. The lowest BCUT2D eigenvalue weighted by atomic mass is 9.98. The van der Waals surface area contributed by atoms with Crippen molar-refractivity contribution in [3.63, 3.8) is 0 Å². The van der Waals surface area contributed by atoms with Gasteiger partial charge in [-0.2, -0.15) is 5.10 Å². The first kappa shape index (κ1) is 18.7. The van der Waals surface area contributed by atoms with Crippen molar-refractivity contribution in [2.24, 2.45) is 11.8 Å². The number of aromatic amines is 1. The van der Waals surface area contributed by atoms with E-state index in [1.807, 2.05) is 18.6 Å². The lowest BCUT2D eigenvalue weighted by molar-refractivity contribution is 0.424. The standard InChI is InChI=1S/C23H29N5/c1-3-8-24-12-21(17-4-5-17)9-16(2)28-23-11-20-10-18(22-14-26-27-15-22)6-7-19(20)13-25-23/h6-7,10-11,13-15,17,21,24H,2-5,8-9,12H2,1H3,(H,25,28)(H,26,27). The minimum atomic E-state index is 0.666. The number of H-pyrrole nitrogens is 1. The van der Waals surface area contributed by atoms with Gasteiger partial charge in [0.05, 0.1) is 6.20 Å². The van der Waals surface area contributed by atoms with Crippen LogP contribution >= 0.6 is 0 Å². The van der Waals surface area contributed by atoms with E-state index >= 15 is 0 Å². The van der Waals surface area contributed by atoms with Gasteiger partial charge in [-0.3, -0.25) is 5.10 Å². The number of nitrogens with zero attached hydrogens (tertiary/aromatic N) is 2. The maximum atomic E-state index is 4.58. The number of nitrogens with one attached hydrogen (secondary N) is 3. The molecular weight excluding hydrogens is 346 g/mol. The van der Waals surface area contributed by atoms with E-state index in [1.54, 1.807) is 0 Å². The lowest BCUT2D eigenvalue weighted by Crippen LogP contribution is -2.26. The Balaban J connectivity index is 1.43. The van der Waals surface area contributed by atoms with Crippen molar-refractivity contribution in [2.45, 2.75) is 32.6 Å². The fraction of sp³-hybridized carbons (Fsp3) is 0.391. The molecule has 0 spiro atoms. The van der Waals surface area contributed by atoms with Crippen molar-refractivity contribution in [3.05, 3.63) is 55.1 Å². The molecule has 0 bridgehead atoms. The third-order valence-corrected chi connectivity index (χ3v) is 5.49. The smallest absolute Gasteiger partial charge is 0.130 e. The Hall–Kier alpha value is -2.66. The first-order valence-corrected chi connectivity index (χ1v) is 10.3. The molecule has 3 N–H and O–H groups in total.